The first kappa shape index (κ1) is 15.3. The van der Waals surface area contributed by atoms with Crippen LogP contribution in [0, 0.1) is 12.7 Å². The average Bonchev–Trinajstić information content (AvgIpc) is 2.46. The van der Waals surface area contributed by atoms with Crippen molar-refractivity contribution in [2.75, 3.05) is 6.61 Å². The van der Waals surface area contributed by atoms with E-state index in [0.717, 1.165) is 5.56 Å². The monoisotopic (exact) mass is 308 g/mol. The van der Waals surface area contributed by atoms with Crippen LogP contribution >= 0.6 is 11.6 Å². The highest BCUT2D eigenvalue weighted by molar-refractivity contribution is 6.31. The minimum absolute atomic E-state index is 0.156. The van der Waals surface area contributed by atoms with E-state index in [1.807, 2.05) is 25.1 Å². The third-order valence-corrected chi connectivity index (χ3v) is 3.23. The highest BCUT2D eigenvalue weighted by Gasteiger charge is 2.11. The fourth-order valence-corrected chi connectivity index (χ4v) is 1.94. The van der Waals surface area contributed by atoms with Gasteiger partial charge in [-0.2, -0.15) is 0 Å². The maximum Gasteiger partial charge on any atom is 0.344 e. The van der Waals surface area contributed by atoms with Gasteiger partial charge in [-0.15, -0.1) is 0 Å². The quantitative estimate of drug-likeness (QED) is 0.786. The molecule has 0 N–H and O–H groups in total. The second-order valence-electron chi connectivity index (χ2n) is 4.42. The van der Waals surface area contributed by atoms with Crippen LogP contribution in [0.1, 0.15) is 11.1 Å². The lowest BCUT2D eigenvalue weighted by Gasteiger charge is -2.10. The van der Waals surface area contributed by atoms with Crippen LogP contribution < -0.4 is 4.74 Å². The average molecular weight is 309 g/mol. The molecule has 0 radical (unpaired) electrons. The van der Waals surface area contributed by atoms with Gasteiger partial charge >= 0.3 is 5.97 Å². The Hall–Kier alpha value is -2.07. The first-order chi connectivity index (χ1) is 10.1. The molecule has 21 heavy (non-hydrogen) atoms. The summed E-state index contributed by atoms with van der Waals surface area (Å²) >= 11 is 5.84. The standard InChI is InChI=1S/C16H14ClFO3/c1-11-5-2-3-8-15(11)20-10-16(19)21-9-12-13(17)6-4-7-14(12)18/h2-8H,9-10H2,1H3. The third-order valence-electron chi connectivity index (χ3n) is 2.88. The molecule has 2 aromatic rings. The zero-order chi connectivity index (χ0) is 15.2. The normalized spacial score (nSPS) is 10.2. The molecule has 0 aromatic heterocycles. The minimum atomic E-state index is -0.586. The number of carbonyl (C=O) groups is 1. The fourth-order valence-electron chi connectivity index (χ4n) is 1.72. The summed E-state index contributed by atoms with van der Waals surface area (Å²) in [6, 6.07) is 11.6. The predicted octanol–water partition coefficient (Wildman–Crippen LogP) is 3.91. The smallest absolute Gasteiger partial charge is 0.344 e. The van der Waals surface area contributed by atoms with Gasteiger partial charge in [0.2, 0.25) is 0 Å². The Labute approximate surface area is 127 Å². The van der Waals surface area contributed by atoms with E-state index in [2.05, 4.69) is 0 Å². The molecule has 0 spiro atoms. The topological polar surface area (TPSA) is 35.5 Å². The van der Waals surface area contributed by atoms with Crippen molar-refractivity contribution < 1.29 is 18.7 Å². The summed E-state index contributed by atoms with van der Waals surface area (Å²) < 4.78 is 23.8. The molecule has 0 aliphatic rings. The Morgan fingerprint density at radius 1 is 1.19 bits per heavy atom. The molecule has 3 nitrogen and oxygen atoms in total. The second kappa shape index (κ2) is 7.09. The number of hydrogen-bond donors (Lipinski definition) is 0. The molecule has 0 saturated heterocycles. The highest BCUT2D eigenvalue weighted by atomic mass is 35.5. The number of ether oxygens (including phenoxy) is 2. The van der Waals surface area contributed by atoms with Crippen LogP contribution in [-0.2, 0) is 16.1 Å². The van der Waals surface area contributed by atoms with Gasteiger partial charge in [0.25, 0.3) is 0 Å². The van der Waals surface area contributed by atoms with E-state index in [4.69, 9.17) is 21.1 Å². The van der Waals surface area contributed by atoms with Gasteiger partial charge in [0, 0.05) is 5.56 Å². The SMILES string of the molecule is Cc1ccccc1OCC(=O)OCc1c(F)cccc1Cl. The van der Waals surface area contributed by atoms with E-state index in [1.165, 1.54) is 18.2 Å². The number of hydrogen-bond acceptors (Lipinski definition) is 3. The number of aryl methyl sites for hydroxylation is 1. The maximum absolute atomic E-state index is 13.5. The van der Waals surface area contributed by atoms with Crippen LogP contribution in [0.4, 0.5) is 4.39 Å². The number of carbonyl (C=O) groups excluding carboxylic acids is 1. The molecule has 0 unspecified atom stereocenters. The predicted molar refractivity (Wildman–Crippen MR) is 77.9 cm³/mol. The first-order valence-electron chi connectivity index (χ1n) is 6.35. The molecule has 0 fully saturated rings. The summed E-state index contributed by atoms with van der Waals surface area (Å²) in [4.78, 5) is 11.6. The molecule has 0 heterocycles. The highest BCUT2D eigenvalue weighted by Crippen LogP contribution is 2.20. The largest absolute Gasteiger partial charge is 0.482 e. The number of esters is 1. The molecular weight excluding hydrogens is 295 g/mol. The molecule has 2 rings (SSSR count). The maximum atomic E-state index is 13.5. The van der Waals surface area contributed by atoms with Gasteiger partial charge in [-0.3, -0.25) is 0 Å². The zero-order valence-corrected chi connectivity index (χ0v) is 12.2. The van der Waals surface area contributed by atoms with Gasteiger partial charge in [-0.05, 0) is 30.7 Å². The first-order valence-corrected chi connectivity index (χ1v) is 6.72. The summed E-state index contributed by atoms with van der Waals surface area (Å²) in [6.07, 6.45) is 0. The van der Waals surface area contributed by atoms with Gasteiger partial charge in [-0.25, -0.2) is 9.18 Å². The van der Waals surface area contributed by atoms with Gasteiger partial charge in [0.05, 0.1) is 5.02 Å². The van der Waals surface area contributed by atoms with Crippen molar-refractivity contribution in [3.63, 3.8) is 0 Å². The van der Waals surface area contributed by atoms with Crippen LogP contribution in [0.5, 0.6) is 5.75 Å². The number of rotatable bonds is 5. The molecule has 0 aliphatic heterocycles. The number of benzene rings is 2. The van der Waals surface area contributed by atoms with E-state index >= 15 is 0 Å². The molecule has 110 valence electrons. The fraction of sp³-hybridized carbons (Fsp3) is 0.188. The molecule has 0 saturated carbocycles. The van der Waals surface area contributed by atoms with E-state index in [1.54, 1.807) is 6.07 Å². The van der Waals surface area contributed by atoms with Crippen LogP contribution in [-0.4, -0.2) is 12.6 Å². The minimum Gasteiger partial charge on any atom is -0.482 e. The van der Waals surface area contributed by atoms with Gasteiger partial charge < -0.3 is 9.47 Å². The van der Waals surface area contributed by atoms with Crippen molar-refractivity contribution in [3.8, 4) is 5.75 Å². The van der Waals surface area contributed by atoms with Crippen molar-refractivity contribution in [2.45, 2.75) is 13.5 Å². The third kappa shape index (κ3) is 4.20. The molecule has 0 aliphatic carbocycles. The zero-order valence-electron chi connectivity index (χ0n) is 11.4. The molecule has 5 heteroatoms. The molecule has 2 aromatic carbocycles. The Balaban J connectivity index is 1.87. The lowest BCUT2D eigenvalue weighted by Crippen LogP contribution is -2.15. The van der Waals surface area contributed by atoms with Crippen molar-refractivity contribution >= 4 is 17.6 Å². The van der Waals surface area contributed by atoms with Gasteiger partial charge in [0.1, 0.15) is 18.2 Å². The summed E-state index contributed by atoms with van der Waals surface area (Å²) in [6.45, 7) is 1.41. The Morgan fingerprint density at radius 2 is 1.95 bits per heavy atom. The van der Waals surface area contributed by atoms with Crippen LogP contribution in [0.15, 0.2) is 42.5 Å². The van der Waals surface area contributed by atoms with E-state index < -0.39 is 11.8 Å². The lowest BCUT2D eigenvalue weighted by molar-refractivity contribution is -0.147. The van der Waals surface area contributed by atoms with Gasteiger partial charge in [-0.1, -0.05) is 35.9 Å². The number of halogens is 2. The van der Waals surface area contributed by atoms with Crippen LogP contribution in [0.25, 0.3) is 0 Å². The summed E-state index contributed by atoms with van der Waals surface area (Å²) in [5.74, 6) is -0.480. The van der Waals surface area contributed by atoms with Crippen molar-refractivity contribution in [1.82, 2.24) is 0 Å². The van der Waals surface area contributed by atoms with Gasteiger partial charge in [0.15, 0.2) is 6.61 Å². The van der Waals surface area contributed by atoms with Crippen molar-refractivity contribution in [3.05, 3.63) is 64.4 Å². The summed E-state index contributed by atoms with van der Waals surface area (Å²) in [7, 11) is 0. The molecule has 0 amide bonds. The van der Waals surface area contributed by atoms with Crippen molar-refractivity contribution in [2.24, 2.45) is 0 Å². The lowest BCUT2D eigenvalue weighted by atomic mass is 10.2. The van der Waals surface area contributed by atoms with Crippen LogP contribution in [0.2, 0.25) is 5.02 Å². The number of para-hydroxylation sites is 1. The second-order valence-corrected chi connectivity index (χ2v) is 4.82. The molecule has 0 bridgehead atoms. The summed E-state index contributed by atoms with van der Waals surface area (Å²) in [5.41, 5.74) is 1.07. The Bertz CT molecular complexity index is 623. The molecular formula is C16H14ClFO3. The van der Waals surface area contributed by atoms with E-state index in [-0.39, 0.29) is 23.8 Å². The summed E-state index contributed by atoms with van der Waals surface area (Å²) in [5, 5.41) is 0.225. The van der Waals surface area contributed by atoms with E-state index in [9.17, 15) is 9.18 Å². The van der Waals surface area contributed by atoms with E-state index in [0.29, 0.717) is 5.75 Å². The van der Waals surface area contributed by atoms with Crippen molar-refractivity contribution in [1.29, 1.82) is 0 Å². The van der Waals surface area contributed by atoms with Crippen LogP contribution in [0.3, 0.4) is 0 Å². The Kier molecular flexibility index (Phi) is 5.17. The Morgan fingerprint density at radius 3 is 2.67 bits per heavy atom. The molecule has 0 atom stereocenters.